The van der Waals surface area contributed by atoms with E-state index in [1.165, 1.54) is 44.9 Å². The van der Waals surface area contributed by atoms with Gasteiger partial charge in [0.1, 0.15) is 0 Å². The van der Waals surface area contributed by atoms with E-state index in [-0.39, 0.29) is 5.92 Å². The normalized spacial score (nSPS) is 36.1. The fraction of sp³-hybridized carbons (Fsp3) is 0.941. The number of carbonyl (C=O) groups is 1. The zero-order chi connectivity index (χ0) is 13.7. The topological polar surface area (TPSA) is 40.1 Å². The molecule has 2 aliphatic rings. The number of carbonyl (C=O) groups excluding carboxylic acids is 1. The first-order valence-electron chi connectivity index (χ1n) is 8.41. The van der Waals surface area contributed by atoms with Gasteiger partial charge in [0.05, 0.1) is 0 Å². The molecule has 2 aliphatic carbocycles. The predicted octanol–water partition coefficient (Wildman–Crippen LogP) is 3.54. The van der Waals surface area contributed by atoms with Crippen molar-refractivity contribution in [2.75, 3.05) is 0 Å². The molecule has 0 aromatic heterocycles. The Hall–Kier alpha value is -0.530. The van der Waals surface area contributed by atoms with Gasteiger partial charge in [0.25, 0.3) is 0 Å². The van der Waals surface area contributed by atoms with Crippen molar-refractivity contribution in [3.8, 4) is 0 Å². The molecule has 0 spiro atoms. The summed E-state index contributed by atoms with van der Waals surface area (Å²) in [6, 6.07) is 0. The monoisotopic (exact) mass is 265 g/mol. The molecule has 0 aliphatic heterocycles. The third-order valence-electron chi connectivity index (χ3n) is 5.63. The van der Waals surface area contributed by atoms with Crippen LogP contribution < -0.4 is 5.11 Å². The Morgan fingerprint density at radius 3 is 1.95 bits per heavy atom. The van der Waals surface area contributed by atoms with E-state index in [0.29, 0.717) is 0 Å². The highest BCUT2D eigenvalue weighted by Crippen LogP contribution is 2.42. The largest absolute Gasteiger partial charge is 0.550 e. The maximum atomic E-state index is 10.9. The first kappa shape index (κ1) is 14.9. The van der Waals surface area contributed by atoms with Crippen molar-refractivity contribution < 1.29 is 9.90 Å². The molecule has 19 heavy (non-hydrogen) atoms. The van der Waals surface area contributed by atoms with Crippen LogP contribution in [0.1, 0.15) is 77.6 Å². The number of unbranched alkanes of at least 4 members (excludes halogenated alkanes) is 1. The Kier molecular flexibility index (Phi) is 5.72. The molecule has 2 nitrogen and oxygen atoms in total. The average Bonchev–Trinajstić information content (AvgIpc) is 2.46. The van der Waals surface area contributed by atoms with Gasteiger partial charge < -0.3 is 9.90 Å². The van der Waals surface area contributed by atoms with E-state index in [1.54, 1.807) is 0 Å². The average molecular weight is 265 g/mol. The molecule has 0 heterocycles. The lowest BCUT2D eigenvalue weighted by molar-refractivity contribution is -0.312. The van der Waals surface area contributed by atoms with Gasteiger partial charge in [-0.05, 0) is 62.2 Å². The van der Waals surface area contributed by atoms with Crippen molar-refractivity contribution in [1.29, 1.82) is 0 Å². The fourth-order valence-corrected chi connectivity index (χ4v) is 4.27. The molecular weight excluding hydrogens is 236 g/mol. The first-order valence-corrected chi connectivity index (χ1v) is 8.41. The van der Waals surface area contributed by atoms with Gasteiger partial charge >= 0.3 is 0 Å². The third-order valence-corrected chi connectivity index (χ3v) is 5.63. The molecule has 2 heteroatoms. The Bertz CT molecular complexity index is 271. The van der Waals surface area contributed by atoms with Crippen LogP contribution in [-0.2, 0) is 4.79 Å². The summed E-state index contributed by atoms with van der Waals surface area (Å²) >= 11 is 0. The first-order chi connectivity index (χ1) is 9.20. The van der Waals surface area contributed by atoms with Gasteiger partial charge in [-0.1, -0.05) is 39.0 Å². The third kappa shape index (κ3) is 4.22. The van der Waals surface area contributed by atoms with Gasteiger partial charge in [0.15, 0.2) is 0 Å². The summed E-state index contributed by atoms with van der Waals surface area (Å²) in [6.45, 7) is 2.28. The van der Waals surface area contributed by atoms with Crippen molar-refractivity contribution >= 4 is 5.97 Å². The number of hydrogen-bond acceptors (Lipinski definition) is 2. The van der Waals surface area contributed by atoms with Crippen LogP contribution in [0.15, 0.2) is 0 Å². The highest BCUT2D eigenvalue weighted by Gasteiger charge is 2.30. The molecule has 2 fully saturated rings. The Morgan fingerprint density at radius 2 is 1.47 bits per heavy atom. The summed E-state index contributed by atoms with van der Waals surface area (Å²) in [5.41, 5.74) is 0. The van der Waals surface area contributed by atoms with E-state index in [4.69, 9.17) is 0 Å². The Labute approximate surface area is 118 Å². The molecule has 0 radical (unpaired) electrons. The van der Waals surface area contributed by atoms with E-state index >= 15 is 0 Å². The second-order valence-corrected chi connectivity index (χ2v) is 6.85. The molecule has 2 saturated carbocycles. The molecule has 0 saturated heterocycles. The summed E-state index contributed by atoms with van der Waals surface area (Å²) in [6.07, 6.45) is 13.8. The number of carboxylic acids is 1. The molecule has 0 atom stereocenters. The second-order valence-electron chi connectivity index (χ2n) is 6.85. The summed E-state index contributed by atoms with van der Waals surface area (Å²) in [4.78, 5) is 10.9. The van der Waals surface area contributed by atoms with Gasteiger partial charge in [-0.25, -0.2) is 0 Å². The van der Waals surface area contributed by atoms with E-state index < -0.39 is 5.97 Å². The summed E-state index contributed by atoms with van der Waals surface area (Å²) in [5, 5.41) is 10.9. The minimum atomic E-state index is -0.818. The van der Waals surface area contributed by atoms with Crippen molar-refractivity contribution in [3.63, 3.8) is 0 Å². The quantitative estimate of drug-likeness (QED) is 0.763. The maximum absolute atomic E-state index is 10.9. The predicted molar refractivity (Wildman–Crippen MR) is 75.4 cm³/mol. The minimum absolute atomic E-state index is 0.155. The minimum Gasteiger partial charge on any atom is -0.550 e. The number of rotatable bonds is 5. The lowest BCUT2D eigenvalue weighted by Crippen LogP contribution is -2.35. The van der Waals surface area contributed by atoms with Crippen molar-refractivity contribution in [2.24, 2.45) is 23.7 Å². The van der Waals surface area contributed by atoms with E-state index in [0.717, 1.165) is 43.4 Å². The van der Waals surface area contributed by atoms with E-state index in [9.17, 15) is 9.90 Å². The highest BCUT2D eigenvalue weighted by atomic mass is 16.4. The fourth-order valence-electron chi connectivity index (χ4n) is 4.27. The summed E-state index contributed by atoms with van der Waals surface area (Å²) in [7, 11) is 0. The lowest BCUT2D eigenvalue weighted by atomic mass is 9.68. The van der Waals surface area contributed by atoms with Gasteiger partial charge in [0, 0.05) is 5.97 Å². The molecule has 0 amide bonds. The van der Waals surface area contributed by atoms with Gasteiger partial charge in [-0.3, -0.25) is 0 Å². The Balaban J connectivity index is 1.69. The standard InChI is InChI=1S/C17H30O2/c1-2-3-4-13-5-7-14(8-6-13)15-9-11-16(12-10-15)17(18)19/h13-16H,2-12H2,1H3,(H,18,19)/p-1. The smallest absolute Gasteiger partial charge is 0.0445 e. The molecule has 2 rings (SSSR count). The lowest BCUT2D eigenvalue weighted by Gasteiger charge is -2.38. The molecule has 0 aromatic carbocycles. The van der Waals surface area contributed by atoms with Crippen LogP contribution >= 0.6 is 0 Å². The molecule has 0 N–H and O–H groups in total. The zero-order valence-corrected chi connectivity index (χ0v) is 12.4. The van der Waals surface area contributed by atoms with Crippen LogP contribution in [0.5, 0.6) is 0 Å². The molecule has 110 valence electrons. The SMILES string of the molecule is CCCCC1CCC(C2CCC(C(=O)[O-])CC2)CC1. The van der Waals surface area contributed by atoms with Crippen LogP contribution in [-0.4, -0.2) is 5.97 Å². The van der Waals surface area contributed by atoms with Crippen LogP contribution in [0, 0.1) is 23.7 Å². The molecular formula is C17H29O2-. The van der Waals surface area contributed by atoms with Gasteiger partial charge in [-0.15, -0.1) is 0 Å². The van der Waals surface area contributed by atoms with Crippen LogP contribution in [0.2, 0.25) is 0 Å². The van der Waals surface area contributed by atoms with Crippen LogP contribution in [0.4, 0.5) is 0 Å². The van der Waals surface area contributed by atoms with E-state index in [2.05, 4.69) is 6.92 Å². The molecule has 0 bridgehead atoms. The highest BCUT2D eigenvalue weighted by molar-refractivity contribution is 5.67. The molecule has 0 aromatic rings. The van der Waals surface area contributed by atoms with Crippen molar-refractivity contribution in [2.45, 2.75) is 77.6 Å². The number of carboxylic acid groups (broad SMARTS) is 1. The van der Waals surface area contributed by atoms with Crippen LogP contribution in [0.25, 0.3) is 0 Å². The van der Waals surface area contributed by atoms with Crippen molar-refractivity contribution in [3.05, 3.63) is 0 Å². The zero-order valence-electron chi connectivity index (χ0n) is 12.4. The van der Waals surface area contributed by atoms with Crippen molar-refractivity contribution in [1.82, 2.24) is 0 Å². The van der Waals surface area contributed by atoms with Crippen LogP contribution in [0.3, 0.4) is 0 Å². The Morgan fingerprint density at radius 1 is 0.947 bits per heavy atom. The van der Waals surface area contributed by atoms with Gasteiger partial charge in [0.2, 0.25) is 0 Å². The summed E-state index contributed by atoms with van der Waals surface area (Å²) < 4.78 is 0. The summed E-state index contributed by atoms with van der Waals surface area (Å²) in [5.74, 6) is 1.71. The van der Waals surface area contributed by atoms with Gasteiger partial charge in [-0.2, -0.15) is 0 Å². The molecule has 0 unspecified atom stereocenters. The van der Waals surface area contributed by atoms with E-state index in [1.807, 2.05) is 0 Å². The second kappa shape index (κ2) is 7.31. The maximum Gasteiger partial charge on any atom is 0.0445 e. The number of aliphatic carboxylic acids is 1. The number of hydrogen-bond donors (Lipinski definition) is 0.